The molecule has 0 aliphatic heterocycles. The molecule has 0 saturated carbocycles. The predicted molar refractivity (Wildman–Crippen MR) is 334 cm³/mol. The Labute approximate surface area is 475 Å². The molecular weight excluding hydrogens is 949 g/mol. The van der Waals surface area contributed by atoms with Gasteiger partial charge in [-0.15, -0.1) is 0 Å². The lowest BCUT2D eigenvalue weighted by Gasteiger charge is -2.18. The van der Waals surface area contributed by atoms with Crippen molar-refractivity contribution in [2.24, 2.45) is 0 Å². The fourth-order valence-electron chi connectivity index (χ4n) is 8.61. The molecule has 0 aliphatic carbocycles. The Bertz CT molecular complexity index is 1600. The first-order chi connectivity index (χ1) is 38.0. The van der Waals surface area contributed by atoms with E-state index in [0.29, 0.717) is 19.3 Å². The fourth-order valence-corrected chi connectivity index (χ4v) is 8.61. The van der Waals surface area contributed by atoms with Crippen LogP contribution in [0.1, 0.15) is 290 Å². The van der Waals surface area contributed by atoms with E-state index in [1.807, 2.05) is 0 Å². The van der Waals surface area contributed by atoms with Crippen molar-refractivity contribution < 1.29 is 28.6 Å². The second kappa shape index (κ2) is 64.3. The molecule has 0 saturated heterocycles. The standard InChI is InChI=1S/C71H118O6/c1-4-7-10-13-16-19-22-24-26-28-30-32-33-34-35-36-37-39-40-42-44-46-49-52-55-58-61-64-70(73)76-67-68(66-75-69(72)63-60-57-54-51-48-21-18-15-12-9-6-3)77-71(74)65-62-59-56-53-50-47-45-43-41-38-31-29-27-25-23-20-17-14-11-8-5-2/h7,10,15-16,18-19,23-26,29-32,34-35,37,39,41,43,68H,4-6,8-9,11-14,17,20-22,27-28,33,36,38,40,42,44-67H2,1-3H3/b10-7-,18-15-,19-16-,25-23-,26-24-,31-29-,32-30-,35-34-,39-37-,43-41-. The molecule has 6 heteroatoms. The summed E-state index contributed by atoms with van der Waals surface area (Å²) in [5.74, 6) is -0.919. The van der Waals surface area contributed by atoms with Gasteiger partial charge in [0.05, 0.1) is 0 Å². The largest absolute Gasteiger partial charge is 0.462 e. The highest BCUT2D eigenvalue weighted by molar-refractivity contribution is 5.71. The van der Waals surface area contributed by atoms with E-state index in [2.05, 4.69) is 142 Å². The van der Waals surface area contributed by atoms with Gasteiger partial charge in [0.15, 0.2) is 6.10 Å². The van der Waals surface area contributed by atoms with Crippen LogP contribution >= 0.6 is 0 Å². The van der Waals surface area contributed by atoms with Crippen LogP contribution in [0.25, 0.3) is 0 Å². The SMILES string of the molecule is CC/C=C\C/C=C\C/C=C\C/C=C\C/C=C\C/C=C\CCCCCCCCCCC(=O)OCC(COC(=O)CCCCCCC/C=C\CCCC)OC(=O)CCCCCCCC/C=C\C/C=C\C/C=C\CCCCCCC. The highest BCUT2D eigenvalue weighted by Gasteiger charge is 2.19. The van der Waals surface area contributed by atoms with E-state index in [0.717, 1.165) is 141 Å². The highest BCUT2D eigenvalue weighted by atomic mass is 16.6. The third-order valence-electron chi connectivity index (χ3n) is 13.4. The topological polar surface area (TPSA) is 78.9 Å². The minimum Gasteiger partial charge on any atom is -0.462 e. The van der Waals surface area contributed by atoms with Gasteiger partial charge in [-0.2, -0.15) is 0 Å². The molecule has 0 aromatic heterocycles. The van der Waals surface area contributed by atoms with Crippen molar-refractivity contribution >= 4 is 17.9 Å². The molecule has 0 aromatic rings. The van der Waals surface area contributed by atoms with Gasteiger partial charge in [0.2, 0.25) is 0 Å². The maximum Gasteiger partial charge on any atom is 0.306 e. The summed E-state index contributed by atoms with van der Waals surface area (Å²) < 4.78 is 16.9. The van der Waals surface area contributed by atoms with Crippen LogP contribution in [0.3, 0.4) is 0 Å². The number of rotatable bonds is 57. The molecule has 0 amide bonds. The third kappa shape index (κ3) is 62.5. The zero-order valence-electron chi connectivity index (χ0n) is 50.2. The van der Waals surface area contributed by atoms with Gasteiger partial charge >= 0.3 is 17.9 Å². The minimum absolute atomic E-state index is 0.0923. The molecule has 0 fully saturated rings. The molecule has 0 bridgehead atoms. The Morgan fingerprint density at radius 3 is 0.844 bits per heavy atom. The molecule has 1 atom stereocenters. The van der Waals surface area contributed by atoms with Gasteiger partial charge in [-0.25, -0.2) is 0 Å². The molecule has 0 spiro atoms. The van der Waals surface area contributed by atoms with Gasteiger partial charge in [-0.05, 0) is 128 Å². The minimum atomic E-state index is -0.796. The zero-order chi connectivity index (χ0) is 55.7. The van der Waals surface area contributed by atoms with Crippen molar-refractivity contribution in [3.63, 3.8) is 0 Å². The van der Waals surface area contributed by atoms with Gasteiger partial charge in [0, 0.05) is 19.3 Å². The van der Waals surface area contributed by atoms with Crippen LogP contribution in [-0.4, -0.2) is 37.2 Å². The van der Waals surface area contributed by atoms with Crippen LogP contribution in [0, 0.1) is 0 Å². The van der Waals surface area contributed by atoms with E-state index >= 15 is 0 Å². The normalized spacial score (nSPS) is 12.9. The number of ether oxygens (including phenoxy) is 3. The second-order valence-electron chi connectivity index (χ2n) is 20.9. The van der Waals surface area contributed by atoms with E-state index in [9.17, 15) is 14.4 Å². The number of esters is 3. The zero-order valence-corrected chi connectivity index (χ0v) is 50.2. The summed E-state index contributed by atoms with van der Waals surface area (Å²) in [6.07, 6.45) is 89.1. The number of carbonyl (C=O) groups is 3. The van der Waals surface area contributed by atoms with Crippen LogP contribution in [0.15, 0.2) is 122 Å². The fraction of sp³-hybridized carbons (Fsp3) is 0.676. The van der Waals surface area contributed by atoms with Gasteiger partial charge in [0.1, 0.15) is 13.2 Å². The lowest BCUT2D eigenvalue weighted by Crippen LogP contribution is -2.30. The molecule has 0 heterocycles. The molecule has 0 radical (unpaired) electrons. The van der Waals surface area contributed by atoms with Crippen molar-refractivity contribution in [2.45, 2.75) is 297 Å². The Hall–Kier alpha value is -4.19. The van der Waals surface area contributed by atoms with Crippen LogP contribution in [0.2, 0.25) is 0 Å². The van der Waals surface area contributed by atoms with E-state index in [1.54, 1.807) is 0 Å². The average Bonchev–Trinajstić information content (AvgIpc) is 3.43. The van der Waals surface area contributed by atoms with Gasteiger partial charge in [-0.1, -0.05) is 264 Å². The summed E-state index contributed by atoms with van der Waals surface area (Å²) in [6, 6.07) is 0. The molecule has 0 rings (SSSR count). The Balaban J connectivity index is 4.34. The third-order valence-corrected chi connectivity index (χ3v) is 13.4. The summed E-state index contributed by atoms with van der Waals surface area (Å²) in [5, 5.41) is 0. The molecule has 438 valence electrons. The first-order valence-electron chi connectivity index (χ1n) is 32.0. The van der Waals surface area contributed by atoms with E-state index in [4.69, 9.17) is 14.2 Å². The van der Waals surface area contributed by atoms with Crippen LogP contribution in [0.4, 0.5) is 0 Å². The van der Waals surface area contributed by atoms with Crippen molar-refractivity contribution in [2.75, 3.05) is 13.2 Å². The predicted octanol–water partition coefficient (Wildman–Crippen LogP) is 22.0. The Morgan fingerprint density at radius 1 is 0.273 bits per heavy atom. The number of carbonyl (C=O) groups excluding carboxylic acids is 3. The first-order valence-corrected chi connectivity index (χ1v) is 32.0. The summed E-state index contributed by atoms with van der Waals surface area (Å²) in [7, 11) is 0. The molecule has 0 aromatic carbocycles. The molecule has 1 unspecified atom stereocenters. The molecule has 0 N–H and O–H groups in total. The first kappa shape index (κ1) is 72.8. The Morgan fingerprint density at radius 2 is 0.519 bits per heavy atom. The van der Waals surface area contributed by atoms with E-state index in [-0.39, 0.29) is 31.1 Å². The van der Waals surface area contributed by atoms with Crippen molar-refractivity contribution in [3.8, 4) is 0 Å². The monoisotopic (exact) mass is 1070 g/mol. The second-order valence-corrected chi connectivity index (χ2v) is 20.9. The molecular formula is C71H118O6. The molecule has 0 aliphatic rings. The Kier molecular flexibility index (Phi) is 60.8. The van der Waals surface area contributed by atoms with Gasteiger partial charge in [0.25, 0.3) is 0 Å². The number of allylic oxidation sites excluding steroid dienone is 20. The lowest BCUT2D eigenvalue weighted by molar-refractivity contribution is -0.167. The van der Waals surface area contributed by atoms with Gasteiger partial charge < -0.3 is 14.2 Å². The summed E-state index contributed by atoms with van der Waals surface area (Å²) in [6.45, 7) is 6.46. The van der Waals surface area contributed by atoms with Crippen molar-refractivity contribution in [3.05, 3.63) is 122 Å². The highest BCUT2D eigenvalue weighted by Crippen LogP contribution is 2.15. The number of hydrogen-bond donors (Lipinski definition) is 0. The summed E-state index contributed by atoms with van der Waals surface area (Å²) >= 11 is 0. The number of unbranched alkanes of at least 4 members (excludes halogenated alkanes) is 26. The van der Waals surface area contributed by atoms with Crippen LogP contribution in [-0.2, 0) is 28.6 Å². The van der Waals surface area contributed by atoms with Crippen LogP contribution in [0.5, 0.6) is 0 Å². The van der Waals surface area contributed by atoms with E-state index in [1.165, 1.54) is 109 Å². The maximum atomic E-state index is 12.9. The summed E-state index contributed by atoms with van der Waals surface area (Å²) in [4.78, 5) is 38.3. The van der Waals surface area contributed by atoms with Gasteiger partial charge in [-0.3, -0.25) is 14.4 Å². The average molecular weight is 1070 g/mol. The maximum absolute atomic E-state index is 12.9. The van der Waals surface area contributed by atoms with E-state index < -0.39 is 6.10 Å². The van der Waals surface area contributed by atoms with Crippen molar-refractivity contribution in [1.82, 2.24) is 0 Å². The summed E-state index contributed by atoms with van der Waals surface area (Å²) in [5.41, 5.74) is 0. The number of hydrogen-bond acceptors (Lipinski definition) is 6. The molecule has 77 heavy (non-hydrogen) atoms. The molecule has 6 nitrogen and oxygen atoms in total. The van der Waals surface area contributed by atoms with Crippen LogP contribution < -0.4 is 0 Å². The smallest absolute Gasteiger partial charge is 0.306 e. The lowest BCUT2D eigenvalue weighted by atomic mass is 10.1. The quantitative estimate of drug-likeness (QED) is 0.0261. The van der Waals surface area contributed by atoms with Crippen molar-refractivity contribution in [1.29, 1.82) is 0 Å².